The maximum atomic E-state index is 5.96. The highest BCUT2D eigenvalue weighted by molar-refractivity contribution is 6.30. The normalized spacial score (nSPS) is 10.8. The van der Waals surface area contributed by atoms with E-state index in [0.29, 0.717) is 5.02 Å². The van der Waals surface area contributed by atoms with Crippen LogP contribution in [-0.2, 0) is 0 Å². The molecule has 0 radical (unpaired) electrons. The van der Waals surface area contributed by atoms with Gasteiger partial charge in [0, 0.05) is 16.9 Å². The maximum absolute atomic E-state index is 5.96. The minimum atomic E-state index is 0.691. The number of nitrogens with one attached hydrogen (secondary N) is 2. The molecule has 2 heterocycles. The number of aryl methyl sites for hydroxylation is 1. The molecule has 0 aliphatic carbocycles. The largest absolute Gasteiger partial charge is 0.346 e. The molecule has 2 aromatic heterocycles. The van der Waals surface area contributed by atoms with Crippen LogP contribution in [0.15, 0.2) is 36.8 Å². The van der Waals surface area contributed by atoms with Crippen molar-refractivity contribution in [2.45, 2.75) is 6.92 Å². The monoisotopic (exact) mass is 258 g/mol. The van der Waals surface area contributed by atoms with E-state index < -0.39 is 0 Å². The van der Waals surface area contributed by atoms with Gasteiger partial charge in [-0.1, -0.05) is 17.7 Å². The second-order valence-electron chi connectivity index (χ2n) is 4.05. The van der Waals surface area contributed by atoms with Crippen molar-refractivity contribution in [3.8, 4) is 0 Å². The van der Waals surface area contributed by atoms with Crippen molar-refractivity contribution in [2.24, 2.45) is 0 Å². The van der Waals surface area contributed by atoms with Crippen molar-refractivity contribution in [3.63, 3.8) is 0 Å². The summed E-state index contributed by atoms with van der Waals surface area (Å²) in [7, 11) is 0. The first-order valence-corrected chi connectivity index (χ1v) is 5.93. The molecule has 0 bridgehead atoms. The summed E-state index contributed by atoms with van der Waals surface area (Å²) >= 11 is 5.96. The number of hydrogen-bond donors (Lipinski definition) is 2. The summed E-state index contributed by atoms with van der Waals surface area (Å²) in [6.07, 6.45) is 3.45. The number of halogens is 1. The van der Waals surface area contributed by atoms with E-state index in [2.05, 4.69) is 20.3 Å². The Morgan fingerprint density at radius 2 is 2.17 bits per heavy atom. The summed E-state index contributed by atoms with van der Waals surface area (Å²) in [4.78, 5) is 11.6. The summed E-state index contributed by atoms with van der Waals surface area (Å²) in [5.74, 6) is 0.779. The Kier molecular flexibility index (Phi) is 2.64. The van der Waals surface area contributed by atoms with Crippen LogP contribution in [0.2, 0.25) is 5.02 Å². The third-order valence-corrected chi connectivity index (χ3v) is 2.99. The molecular weight excluding hydrogens is 248 g/mol. The van der Waals surface area contributed by atoms with Gasteiger partial charge in [0.25, 0.3) is 0 Å². The van der Waals surface area contributed by atoms with Gasteiger partial charge in [0.15, 0.2) is 0 Å². The molecule has 0 fully saturated rings. The number of hydrogen-bond acceptors (Lipinski definition) is 3. The second-order valence-corrected chi connectivity index (χ2v) is 4.49. The molecule has 0 spiro atoms. The smallest absolute Gasteiger partial charge is 0.143 e. The molecule has 0 unspecified atom stereocenters. The predicted octanol–water partition coefficient (Wildman–Crippen LogP) is 3.66. The first-order chi connectivity index (χ1) is 8.74. The van der Waals surface area contributed by atoms with Gasteiger partial charge in [0.2, 0.25) is 0 Å². The van der Waals surface area contributed by atoms with Gasteiger partial charge in [-0.3, -0.25) is 0 Å². The quantitative estimate of drug-likeness (QED) is 0.737. The van der Waals surface area contributed by atoms with Gasteiger partial charge in [-0.05, 0) is 30.7 Å². The minimum Gasteiger partial charge on any atom is -0.346 e. The fourth-order valence-corrected chi connectivity index (χ4v) is 2.11. The number of benzene rings is 1. The second kappa shape index (κ2) is 4.31. The van der Waals surface area contributed by atoms with Crippen LogP contribution in [0.5, 0.6) is 0 Å². The lowest BCUT2D eigenvalue weighted by Gasteiger charge is -2.07. The van der Waals surface area contributed by atoms with E-state index in [-0.39, 0.29) is 0 Å². The third kappa shape index (κ3) is 1.91. The molecule has 18 heavy (non-hydrogen) atoms. The number of H-pyrrole nitrogens is 1. The van der Waals surface area contributed by atoms with E-state index >= 15 is 0 Å². The standard InChI is InChI=1S/C13H11ClN4/c1-8-6-15-12-11(8)13(17-7-16-12)18-10-4-2-3-9(14)5-10/h2-7H,1H3,(H2,15,16,17,18). The van der Waals surface area contributed by atoms with Crippen LogP contribution in [0.1, 0.15) is 5.56 Å². The van der Waals surface area contributed by atoms with Crippen molar-refractivity contribution in [2.75, 3.05) is 5.32 Å². The zero-order valence-electron chi connectivity index (χ0n) is 9.74. The van der Waals surface area contributed by atoms with Crippen molar-refractivity contribution in [1.29, 1.82) is 0 Å². The van der Waals surface area contributed by atoms with Gasteiger partial charge in [-0.15, -0.1) is 0 Å². The van der Waals surface area contributed by atoms with Crippen LogP contribution in [0.4, 0.5) is 11.5 Å². The molecule has 0 aliphatic heterocycles. The van der Waals surface area contributed by atoms with E-state index in [9.17, 15) is 0 Å². The summed E-state index contributed by atoms with van der Waals surface area (Å²) < 4.78 is 0. The van der Waals surface area contributed by atoms with Crippen molar-refractivity contribution < 1.29 is 0 Å². The number of aromatic nitrogens is 3. The molecule has 1 aromatic carbocycles. The van der Waals surface area contributed by atoms with E-state index in [1.54, 1.807) is 0 Å². The lowest BCUT2D eigenvalue weighted by Crippen LogP contribution is -1.95. The topological polar surface area (TPSA) is 53.6 Å². The molecule has 0 atom stereocenters. The highest BCUT2D eigenvalue weighted by Crippen LogP contribution is 2.26. The Balaban J connectivity index is 2.07. The van der Waals surface area contributed by atoms with Crippen LogP contribution in [0.25, 0.3) is 11.0 Å². The Hall–Kier alpha value is -2.07. The number of aromatic amines is 1. The van der Waals surface area contributed by atoms with E-state index in [1.807, 2.05) is 37.4 Å². The Labute approximate surface area is 109 Å². The van der Waals surface area contributed by atoms with Crippen LogP contribution in [-0.4, -0.2) is 15.0 Å². The Morgan fingerprint density at radius 3 is 3.00 bits per heavy atom. The molecule has 3 rings (SSSR count). The zero-order chi connectivity index (χ0) is 12.5. The molecule has 0 saturated carbocycles. The Bertz CT molecular complexity index is 705. The van der Waals surface area contributed by atoms with Gasteiger partial charge in [-0.2, -0.15) is 0 Å². The maximum Gasteiger partial charge on any atom is 0.143 e. The van der Waals surface area contributed by atoms with Gasteiger partial charge >= 0.3 is 0 Å². The first-order valence-electron chi connectivity index (χ1n) is 5.55. The van der Waals surface area contributed by atoms with Crippen molar-refractivity contribution in [1.82, 2.24) is 15.0 Å². The number of anilines is 2. The fourth-order valence-electron chi connectivity index (χ4n) is 1.92. The number of rotatable bonds is 2. The van der Waals surface area contributed by atoms with E-state index in [4.69, 9.17) is 11.6 Å². The molecule has 0 saturated heterocycles. The minimum absolute atomic E-state index is 0.691. The lowest BCUT2D eigenvalue weighted by molar-refractivity contribution is 1.20. The highest BCUT2D eigenvalue weighted by atomic mass is 35.5. The van der Waals surface area contributed by atoms with E-state index in [0.717, 1.165) is 28.1 Å². The summed E-state index contributed by atoms with van der Waals surface area (Å²) in [6.45, 7) is 2.02. The third-order valence-electron chi connectivity index (χ3n) is 2.75. The molecular formula is C13H11ClN4. The van der Waals surface area contributed by atoms with Crippen LogP contribution in [0, 0.1) is 6.92 Å². The highest BCUT2D eigenvalue weighted by Gasteiger charge is 2.08. The summed E-state index contributed by atoms with van der Waals surface area (Å²) in [5, 5.41) is 4.95. The SMILES string of the molecule is Cc1c[nH]c2ncnc(Nc3cccc(Cl)c3)c12. The average Bonchev–Trinajstić information content (AvgIpc) is 2.72. The first kappa shape index (κ1) is 11.0. The average molecular weight is 259 g/mol. The van der Waals surface area contributed by atoms with Crippen LogP contribution in [0.3, 0.4) is 0 Å². The summed E-state index contributed by atoms with van der Waals surface area (Å²) in [5.41, 5.74) is 2.84. The molecule has 4 nitrogen and oxygen atoms in total. The van der Waals surface area contributed by atoms with Crippen molar-refractivity contribution >= 4 is 34.1 Å². The lowest BCUT2D eigenvalue weighted by atomic mass is 10.2. The van der Waals surface area contributed by atoms with Gasteiger partial charge < -0.3 is 10.3 Å². The number of nitrogens with zero attached hydrogens (tertiary/aromatic N) is 2. The van der Waals surface area contributed by atoms with Gasteiger partial charge in [0.1, 0.15) is 17.8 Å². The number of fused-ring (bicyclic) bond motifs is 1. The molecule has 3 aromatic rings. The van der Waals surface area contributed by atoms with Crippen LogP contribution < -0.4 is 5.32 Å². The van der Waals surface area contributed by atoms with Gasteiger partial charge in [-0.25, -0.2) is 9.97 Å². The Morgan fingerprint density at radius 1 is 1.28 bits per heavy atom. The fraction of sp³-hybridized carbons (Fsp3) is 0.0769. The molecule has 0 aliphatic rings. The van der Waals surface area contributed by atoms with Crippen LogP contribution >= 0.6 is 11.6 Å². The van der Waals surface area contributed by atoms with E-state index in [1.165, 1.54) is 6.33 Å². The van der Waals surface area contributed by atoms with Gasteiger partial charge in [0.05, 0.1) is 5.39 Å². The molecule has 5 heteroatoms. The molecule has 2 N–H and O–H groups in total. The molecule has 90 valence electrons. The predicted molar refractivity (Wildman–Crippen MR) is 73.4 cm³/mol. The van der Waals surface area contributed by atoms with Crippen molar-refractivity contribution in [3.05, 3.63) is 47.4 Å². The molecule has 0 amide bonds. The zero-order valence-corrected chi connectivity index (χ0v) is 10.5. The summed E-state index contributed by atoms with van der Waals surface area (Å²) in [6, 6.07) is 7.54.